The van der Waals surface area contributed by atoms with E-state index in [0.717, 1.165) is 0 Å². The van der Waals surface area contributed by atoms with Crippen LogP contribution in [0.5, 0.6) is 0 Å². The molecule has 192 valence electrons. The molecule has 3 atom stereocenters. The Morgan fingerprint density at radius 2 is 1.31 bits per heavy atom. The van der Waals surface area contributed by atoms with Crippen LogP contribution in [0.2, 0.25) is 44.3 Å². The second-order valence-electron chi connectivity index (χ2n) is 12.4. The molecule has 0 bridgehead atoms. The van der Waals surface area contributed by atoms with E-state index in [2.05, 4.69) is 113 Å². The van der Waals surface area contributed by atoms with Crippen LogP contribution in [-0.4, -0.2) is 29.6 Å². The summed E-state index contributed by atoms with van der Waals surface area (Å²) in [6.45, 7) is 19.8. The van der Waals surface area contributed by atoms with Crippen molar-refractivity contribution in [3.8, 4) is 0 Å². The third-order valence-electron chi connectivity index (χ3n) is 9.03. The molecule has 0 N–H and O–H groups in total. The molecule has 0 spiro atoms. The maximum Gasteiger partial charge on any atom is 0.259 e. The highest BCUT2D eigenvalue weighted by Gasteiger charge is 2.59. The monoisotopic (exact) mass is 522 g/mol. The van der Waals surface area contributed by atoms with Crippen LogP contribution in [0.1, 0.15) is 51.9 Å². The minimum absolute atomic E-state index is 0.294. The van der Waals surface area contributed by atoms with Gasteiger partial charge in [0.2, 0.25) is 0 Å². The molecule has 0 aromatic heterocycles. The van der Waals surface area contributed by atoms with E-state index in [1.165, 1.54) is 61.4 Å². The first-order valence-electron chi connectivity index (χ1n) is 14.1. The van der Waals surface area contributed by atoms with Crippen LogP contribution in [0, 0.1) is 5.92 Å². The first kappa shape index (κ1) is 28.4. The highest BCUT2D eigenvalue weighted by Crippen LogP contribution is 2.49. The quantitative estimate of drug-likeness (QED) is 0.146. The van der Waals surface area contributed by atoms with Gasteiger partial charge < -0.3 is 4.43 Å². The Kier molecular flexibility index (Phi) is 10.0. The van der Waals surface area contributed by atoms with Gasteiger partial charge in [-0.1, -0.05) is 151 Å². The zero-order chi connectivity index (χ0) is 25.5. The molecular formula is C31H50OSi3. The van der Waals surface area contributed by atoms with Gasteiger partial charge >= 0.3 is 0 Å². The van der Waals surface area contributed by atoms with Gasteiger partial charge in [0.05, 0.1) is 6.10 Å². The zero-order valence-electron chi connectivity index (χ0n) is 23.4. The lowest BCUT2D eigenvalue weighted by Crippen LogP contribution is -2.64. The Hall–Kier alpha value is -1.21. The summed E-state index contributed by atoms with van der Waals surface area (Å²) in [5, 5.41) is 2.91. The third-order valence-corrected chi connectivity index (χ3v) is 32.4. The molecule has 0 amide bonds. The normalized spacial score (nSPS) is 22.3. The van der Waals surface area contributed by atoms with E-state index in [9.17, 15) is 0 Å². The topological polar surface area (TPSA) is 9.23 Å². The zero-order valence-corrected chi connectivity index (χ0v) is 26.4. The van der Waals surface area contributed by atoms with E-state index < -0.39 is 23.5 Å². The number of rotatable bonds is 13. The van der Waals surface area contributed by atoms with E-state index in [0.29, 0.717) is 17.6 Å². The van der Waals surface area contributed by atoms with E-state index in [4.69, 9.17) is 4.43 Å². The molecule has 2 aromatic carbocycles. The van der Waals surface area contributed by atoms with E-state index in [-0.39, 0.29) is 0 Å². The minimum atomic E-state index is -2.45. The summed E-state index contributed by atoms with van der Waals surface area (Å²) in [7, 11) is -5.12. The number of unbranched alkanes of at least 4 members (excludes halogenated alkanes) is 5. The molecule has 1 aliphatic heterocycles. The Bertz CT molecular complexity index is 864. The van der Waals surface area contributed by atoms with Crippen molar-refractivity contribution in [1.29, 1.82) is 0 Å². The van der Waals surface area contributed by atoms with Gasteiger partial charge in [-0.25, -0.2) is 0 Å². The molecule has 1 fully saturated rings. The molecule has 4 heteroatoms. The van der Waals surface area contributed by atoms with Gasteiger partial charge in [0.25, 0.3) is 8.32 Å². The fourth-order valence-corrected chi connectivity index (χ4v) is 18.3. The summed E-state index contributed by atoms with van der Waals surface area (Å²) >= 11 is 0. The standard InChI is InChI=1S/C31H50OSi3/c1-8-10-11-12-13-20-25-30-29(9-2)31(26-34(6,7)33(3,4)5)35(32-30,27-21-16-14-17-22-27)28-23-18-15-19-24-28/h9,14-19,21-24,29-31H,2,8,10-13,20,25-26H2,1,3-7H3/t29-,30-,31+/m1/s1. The summed E-state index contributed by atoms with van der Waals surface area (Å²) in [4.78, 5) is 0. The van der Waals surface area contributed by atoms with Crippen LogP contribution < -0.4 is 10.4 Å². The van der Waals surface area contributed by atoms with Crippen LogP contribution in [0.25, 0.3) is 0 Å². The highest BCUT2D eigenvalue weighted by atomic mass is 29.3. The van der Waals surface area contributed by atoms with Crippen molar-refractivity contribution in [2.24, 2.45) is 5.92 Å². The SMILES string of the molecule is C=C[C@@H]1[C@@H](CCCCCCCC)O[Si](c2ccccc2)(c2ccccc2)[C@H]1C[Si](C)(C)[Si](C)(C)C. The smallest absolute Gasteiger partial charge is 0.259 e. The maximum absolute atomic E-state index is 7.53. The molecule has 1 nitrogen and oxygen atoms in total. The van der Waals surface area contributed by atoms with Crippen LogP contribution >= 0.6 is 0 Å². The van der Waals surface area contributed by atoms with Crippen LogP contribution in [0.15, 0.2) is 73.3 Å². The van der Waals surface area contributed by atoms with Crippen LogP contribution in [-0.2, 0) is 4.43 Å². The summed E-state index contributed by atoms with van der Waals surface area (Å²) in [6, 6.07) is 24.0. The summed E-state index contributed by atoms with van der Waals surface area (Å²) in [5.41, 5.74) is 0.559. The lowest BCUT2D eigenvalue weighted by atomic mass is 9.94. The van der Waals surface area contributed by atoms with Crippen LogP contribution in [0.4, 0.5) is 0 Å². The summed E-state index contributed by atoms with van der Waals surface area (Å²) in [5.74, 6) is 0.445. The first-order valence-corrected chi connectivity index (χ1v) is 23.8. The van der Waals surface area contributed by atoms with Crippen molar-refractivity contribution >= 4 is 33.9 Å². The fraction of sp³-hybridized carbons (Fsp3) is 0.548. The number of hydrogen-bond donors (Lipinski definition) is 0. The molecule has 0 aliphatic carbocycles. The number of benzene rings is 2. The lowest BCUT2D eigenvalue weighted by molar-refractivity contribution is 0.182. The Morgan fingerprint density at radius 1 is 0.800 bits per heavy atom. The van der Waals surface area contributed by atoms with Crippen molar-refractivity contribution < 1.29 is 4.43 Å². The average molecular weight is 523 g/mol. The van der Waals surface area contributed by atoms with Gasteiger partial charge in [0, 0.05) is 21.1 Å². The first-order chi connectivity index (χ1) is 16.7. The average Bonchev–Trinajstić information content (AvgIpc) is 3.15. The predicted molar refractivity (Wildman–Crippen MR) is 164 cm³/mol. The molecule has 1 saturated heterocycles. The Morgan fingerprint density at radius 3 is 1.80 bits per heavy atom. The minimum Gasteiger partial charge on any atom is -0.404 e. The summed E-state index contributed by atoms with van der Waals surface area (Å²) in [6.07, 6.45) is 11.8. The van der Waals surface area contributed by atoms with Crippen LogP contribution in [0.3, 0.4) is 0 Å². The van der Waals surface area contributed by atoms with Crippen molar-refractivity contribution in [1.82, 2.24) is 0 Å². The van der Waals surface area contributed by atoms with Gasteiger partial charge in [-0.15, -0.1) is 6.58 Å². The molecule has 0 unspecified atom stereocenters. The second-order valence-corrected chi connectivity index (χ2v) is 33.3. The predicted octanol–water partition coefficient (Wildman–Crippen LogP) is 8.19. The van der Waals surface area contributed by atoms with Crippen molar-refractivity contribution in [2.75, 3.05) is 0 Å². The summed E-state index contributed by atoms with van der Waals surface area (Å²) < 4.78 is 7.53. The third kappa shape index (κ3) is 6.38. The Labute approximate surface area is 219 Å². The van der Waals surface area contributed by atoms with Gasteiger partial charge in [0.15, 0.2) is 0 Å². The van der Waals surface area contributed by atoms with Gasteiger partial charge in [-0.05, 0) is 22.3 Å². The van der Waals surface area contributed by atoms with Gasteiger partial charge in [-0.3, -0.25) is 0 Å². The van der Waals surface area contributed by atoms with E-state index in [1.54, 1.807) is 0 Å². The molecule has 3 rings (SSSR count). The molecule has 35 heavy (non-hydrogen) atoms. The number of hydrogen-bond acceptors (Lipinski definition) is 1. The molecular weight excluding hydrogens is 473 g/mol. The van der Waals surface area contributed by atoms with Gasteiger partial charge in [0.1, 0.15) is 0 Å². The van der Waals surface area contributed by atoms with Crippen molar-refractivity contribution in [2.45, 2.75) is 102 Å². The highest BCUT2D eigenvalue weighted by molar-refractivity contribution is 7.40. The maximum atomic E-state index is 7.53. The van der Waals surface area contributed by atoms with E-state index in [1.807, 2.05) is 0 Å². The fourth-order valence-electron chi connectivity index (χ4n) is 5.87. The molecule has 0 radical (unpaired) electrons. The van der Waals surface area contributed by atoms with Crippen molar-refractivity contribution in [3.05, 3.63) is 73.3 Å². The molecule has 2 aromatic rings. The van der Waals surface area contributed by atoms with Gasteiger partial charge in [-0.2, -0.15) is 0 Å². The largest absolute Gasteiger partial charge is 0.404 e. The second kappa shape index (κ2) is 12.4. The lowest BCUT2D eigenvalue weighted by Gasteiger charge is -2.42. The van der Waals surface area contributed by atoms with E-state index >= 15 is 0 Å². The molecule has 1 aliphatic rings. The molecule has 0 saturated carbocycles. The Balaban J connectivity index is 2.04. The van der Waals surface area contributed by atoms with Crippen molar-refractivity contribution in [3.63, 3.8) is 0 Å². The molecule has 1 heterocycles.